The van der Waals surface area contributed by atoms with Crippen LogP contribution in [0, 0.1) is 6.57 Å². The topological polar surface area (TPSA) is 107 Å². The number of rotatable bonds is 13. The average molecular weight is 720 g/mol. The van der Waals surface area contributed by atoms with Crippen molar-refractivity contribution in [1.29, 1.82) is 0 Å². The van der Waals surface area contributed by atoms with Gasteiger partial charge in [-0.3, -0.25) is 9.48 Å². The van der Waals surface area contributed by atoms with E-state index in [2.05, 4.69) is 10.2 Å². The van der Waals surface area contributed by atoms with Crippen LogP contribution in [0.5, 0.6) is 11.5 Å². The summed E-state index contributed by atoms with van der Waals surface area (Å²) >= 11 is 6.32. The minimum absolute atomic E-state index is 0.00407. The van der Waals surface area contributed by atoms with Gasteiger partial charge < -0.3 is 14.8 Å². The van der Waals surface area contributed by atoms with Crippen molar-refractivity contribution in [2.45, 2.75) is 31.0 Å². The molecule has 258 valence electrons. The number of benzene rings is 5. The molecule has 0 fully saturated rings. The van der Waals surface area contributed by atoms with Crippen LogP contribution in [0.15, 0.2) is 120 Å². The van der Waals surface area contributed by atoms with E-state index in [-0.39, 0.29) is 36.0 Å². The summed E-state index contributed by atoms with van der Waals surface area (Å²) < 4.78 is 43.5. The summed E-state index contributed by atoms with van der Waals surface area (Å²) in [5.41, 5.74) is 4.22. The molecule has 0 aliphatic carbocycles. The van der Waals surface area contributed by atoms with Crippen LogP contribution in [-0.2, 0) is 40.9 Å². The molecule has 0 saturated carbocycles. The van der Waals surface area contributed by atoms with Gasteiger partial charge in [-0.1, -0.05) is 78.3 Å². The Bertz CT molecular complexity index is 2270. The van der Waals surface area contributed by atoms with Crippen LogP contribution in [0.25, 0.3) is 15.7 Å². The number of fused-ring (bicyclic) bond motifs is 1. The maximum Gasteiger partial charge on any atom is 0.244 e. The molecule has 1 N–H and O–H groups in total. The fraction of sp³-hybridized carbons (Fsp3) is 0.154. The molecule has 1 heterocycles. The summed E-state index contributed by atoms with van der Waals surface area (Å²) in [4.78, 5) is 16.7. The number of nitrogens with one attached hydrogen (secondary N) is 1. The maximum absolute atomic E-state index is 14.9. The highest BCUT2D eigenvalue weighted by Crippen LogP contribution is 2.32. The maximum atomic E-state index is 14.9. The molecule has 12 heteroatoms. The Morgan fingerprint density at radius 3 is 2.02 bits per heavy atom. The molecule has 0 aliphatic rings. The molecule has 0 atom stereocenters. The highest BCUT2D eigenvalue weighted by atomic mass is 35.5. The summed E-state index contributed by atoms with van der Waals surface area (Å²) in [7, 11) is -1.09. The van der Waals surface area contributed by atoms with Crippen molar-refractivity contribution in [2.75, 3.05) is 19.5 Å². The van der Waals surface area contributed by atoms with E-state index >= 15 is 0 Å². The third kappa shape index (κ3) is 8.38. The fourth-order valence-electron chi connectivity index (χ4n) is 5.62. The number of sulfonamides is 1. The predicted octanol–water partition coefficient (Wildman–Crippen LogP) is 7.88. The van der Waals surface area contributed by atoms with E-state index in [1.54, 1.807) is 91.8 Å². The smallest absolute Gasteiger partial charge is 0.244 e. The Morgan fingerprint density at radius 1 is 0.863 bits per heavy atom. The lowest BCUT2D eigenvalue weighted by molar-refractivity contribution is -0.115. The predicted molar refractivity (Wildman–Crippen MR) is 198 cm³/mol. The van der Waals surface area contributed by atoms with Crippen LogP contribution in [0.2, 0.25) is 5.02 Å². The first kappa shape index (κ1) is 35.2. The molecule has 0 aliphatic heterocycles. The van der Waals surface area contributed by atoms with Crippen molar-refractivity contribution in [3.63, 3.8) is 0 Å². The van der Waals surface area contributed by atoms with Gasteiger partial charge in [0.05, 0.1) is 44.2 Å². The third-order valence-electron chi connectivity index (χ3n) is 8.29. The van der Waals surface area contributed by atoms with Gasteiger partial charge in [-0.15, -0.1) is 0 Å². The number of aromatic nitrogens is 2. The zero-order chi connectivity index (χ0) is 36.0. The minimum Gasteiger partial charge on any atom is -0.497 e. The lowest BCUT2D eigenvalue weighted by Gasteiger charge is -2.23. The SMILES string of the molecule is [C-]#[N+]c1ccc(Cn2cc3c(S(=O)(=O)N(Cc4ccc(OC)cc4)Cc4ccc(OC)cc4)cc(NC(=O)Cc4ccccc4Cl)cc3n2)cc1. The van der Waals surface area contributed by atoms with Gasteiger partial charge in [0, 0.05) is 35.4 Å². The van der Waals surface area contributed by atoms with Gasteiger partial charge in [0.2, 0.25) is 15.9 Å². The number of halogens is 1. The van der Waals surface area contributed by atoms with E-state index in [4.69, 9.17) is 32.7 Å². The van der Waals surface area contributed by atoms with Crippen molar-refractivity contribution in [3.05, 3.63) is 154 Å². The van der Waals surface area contributed by atoms with Gasteiger partial charge >= 0.3 is 0 Å². The molecule has 1 aromatic heterocycles. The second-order valence-electron chi connectivity index (χ2n) is 11.8. The highest BCUT2D eigenvalue weighted by molar-refractivity contribution is 7.89. The Hall–Kier alpha value is -5.67. The normalized spacial score (nSPS) is 11.4. The van der Waals surface area contributed by atoms with Crippen molar-refractivity contribution < 1.29 is 22.7 Å². The van der Waals surface area contributed by atoms with Gasteiger partial charge in [0.1, 0.15) is 11.5 Å². The van der Waals surface area contributed by atoms with E-state index in [9.17, 15) is 13.2 Å². The number of anilines is 1. The lowest BCUT2D eigenvalue weighted by atomic mass is 10.1. The monoisotopic (exact) mass is 719 g/mol. The summed E-state index contributed by atoms with van der Waals surface area (Å²) in [5, 5.41) is 8.46. The van der Waals surface area contributed by atoms with Crippen LogP contribution in [0.4, 0.5) is 11.4 Å². The van der Waals surface area contributed by atoms with Crippen LogP contribution >= 0.6 is 11.6 Å². The molecule has 10 nitrogen and oxygen atoms in total. The van der Waals surface area contributed by atoms with E-state index in [1.165, 1.54) is 10.4 Å². The molecular formula is C39H34ClN5O5S. The van der Waals surface area contributed by atoms with E-state index in [0.29, 0.717) is 45.2 Å². The molecule has 6 aromatic rings. The van der Waals surface area contributed by atoms with Crippen LogP contribution < -0.4 is 14.8 Å². The zero-order valence-corrected chi connectivity index (χ0v) is 29.5. The van der Waals surface area contributed by atoms with Crippen molar-refractivity contribution in [3.8, 4) is 11.5 Å². The first-order valence-corrected chi connectivity index (χ1v) is 17.7. The molecule has 51 heavy (non-hydrogen) atoms. The van der Waals surface area contributed by atoms with Crippen molar-refractivity contribution >= 4 is 49.8 Å². The van der Waals surface area contributed by atoms with Gasteiger partial charge in [-0.2, -0.15) is 9.40 Å². The molecule has 1 amide bonds. The average Bonchev–Trinajstić information content (AvgIpc) is 3.54. The van der Waals surface area contributed by atoms with Gasteiger partial charge in [-0.25, -0.2) is 13.3 Å². The Labute approximate surface area is 301 Å². The second-order valence-corrected chi connectivity index (χ2v) is 14.1. The number of hydrogen-bond acceptors (Lipinski definition) is 6. The first-order chi connectivity index (χ1) is 24.6. The minimum atomic E-state index is -4.24. The number of methoxy groups -OCH3 is 2. The van der Waals surface area contributed by atoms with Crippen molar-refractivity contribution in [2.24, 2.45) is 0 Å². The first-order valence-electron chi connectivity index (χ1n) is 15.9. The number of nitrogens with zero attached hydrogens (tertiary/aromatic N) is 4. The summed E-state index contributed by atoms with van der Waals surface area (Å²) in [6, 6.07) is 31.8. The number of ether oxygens (including phenoxy) is 2. The summed E-state index contributed by atoms with van der Waals surface area (Å²) in [5.74, 6) is 0.946. The van der Waals surface area contributed by atoms with Crippen LogP contribution in [0.3, 0.4) is 0 Å². The van der Waals surface area contributed by atoms with Crippen molar-refractivity contribution in [1.82, 2.24) is 14.1 Å². The molecule has 0 unspecified atom stereocenters. The second kappa shape index (κ2) is 15.5. The molecule has 0 bridgehead atoms. The highest BCUT2D eigenvalue weighted by Gasteiger charge is 2.29. The molecule has 6 rings (SSSR count). The van der Waals surface area contributed by atoms with E-state index < -0.39 is 10.0 Å². The lowest BCUT2D eigenvalue weighted by Crippen LogP contribution is -2.30. The third-order valence-corrected chi connectivity index (χ3v) is 10.5. The van der Waals surface area contributed by atoms with E-state index in [1.807, 2.05) is 36.4 Å². The quantitative estimate of drug-likeness (QED) is 0.122. The molecule has 5 aromatic carbocycles. The van der Waals surface area contributed by atoms with E-state index in [0.717, 1.165) is 16.7 Å². The van der Waals surface area contributed by atoms with Gasteiger partial charge in [0.25, 0.3) is 0 Å². The summed E-state index contributed by atoms with van der Waals surface area (Å²) in [6.07, 6.45) is 1.69. The van der Waals surface area contributed by atoms with Gasteiger partial charge in [-0.05, 0) is 64.7 Å². The molecule has 0 radical (unpaired) electrons. The Balaban J connectivity index is 1.42. The largest absolute Gasteiger partial charge is 0.497 e. The Kier molecular flexibility index (Phi) is 10.7. The number of carbonyl (C=O) groups is 1. The molecule has 0 spiro atoms. The van der Waals surface area contributed by atoms with Crippen LogP contribution in [0.1, 0.15) is 22.3 Å². The van der Waals surface area contributed by atoms with Gasteiger partial charge in [0.15, 0.2) is 5.69 Å². The number of amides is 1. The fourth-order valence-corrected chi connectivity index (χ4v) is 7.45. The zero-order valence-electron chi connectivity index (χ0n) is 27.9. The standard InChI is InChI=1S/C39H34ClN5O5S/c1-41-31-14-8-27(9-15-31)23-44-26-35-37(43-44)21-32(42-39(46)20-30-6-4-5-7-36(30)40)22-38(35)51(47,48)45(24-28-10-16-33(49-2)17-11-28)25-29-12-18-34(50-3)19-13-29/h4-19,21-22,26H,20,23-25H2,2-3H3,(H,42,46). The Morgan fingerprint density at radius 2 is 1.45 bits per heavy atom. The van der Waals surface area contributed by atoms with Crippen LogP contribution in [-0.4, -0.2) is 42.6 Å². The molecule has 0 saturated heterocycles. The number of hydrogen-bond donors (Lipinski definition) is 1. The summed E-state index contributed by atoms with van der Waals surface area (Å²) in [6.45, 7) is 7.70. The number of carbonyl (C=O) groups excluding carboxylic acids is 1. The molecular weight excluding hydrogens is 686 g/mol.